The predicted octanol–water partition coefficient (Wildman–Crippen LogP) is 1.52. The van der Waals surface area contributed by atoms with Crippen LogP contribution >= 0.6 is 0 Å². The molecule has 8 heteroatoms. The van der Waals surface area contributed by atoms with Crippen LogP contribution in [0.1, 0.15) is 12.8 Å². The fraction of sp³-hybridized carbons (Fsp3) is 1.00. The monoisotopic (exact) mass is 298 g/mol. The van der Waals surface area contributed by atoms with E-state index >= 15 is 0 Å². The maximum absolute atomic E-state index is 5.36. The van der Waals surface area contributed by atoms with Gasteiger partial charge in [0.05, 0.1) is 0 Å². The Labute approximate surface area is 112 Å². The Morgan fingerprint density at radius 2 is 0.722 bits per heavy atom. The lowest BCUT2D eigenvalue weighted by molar-refractivity contribution is 0.118. The minimum atomic E-state index is -2.45. The van der Waals surface area contributed by atoms with Crippen LogP contribution in [0.15, 0.2) is 0 Å². The van der Waals surface area contributed by atoms with Gasteiger partial charge in [-0.25, -0.2) is 0 Å². The molecule has 0 aromatic rings. The van der Waals surface area contributed by atoms with Gasteiger partial charge in [-0.1, -0.05) is 0 Å². The van der Waals surface area contributed by atoms with Crippen LogP contribution in [0.5, 0.6) is 0 Å². The van der Waals surface area contributed by atoms with Gasteiger partial charge in [0.2, 0.25) is 0 Å². The molecule has 0 saturated carbocycles. The lowest BCUT2D eigenvalue weighted by atomic mass is 10.4. The summed E-state index contributed by atoms with van der Waals surface area (Å²) < 4.78 is 32.2. The zero-order valence-corrected chi connectivity index (χ0v) is 14.3. The van der Waals surface area contributed by atoms with E-state index < -0.39 is 17.6 Å². The Hall–Kier alpha value is 0.194. The van der Waals surface area contributed by atoms with Gasteiger partial charge in [0.15, 0.2) is 0 Å². The molecule has 6 nitrogen and oxygen atoms in total. The van der Waals surface area contributed by atoms with E-state index in [9.17, 15) is 0 Å². The number of hydrogen-bond donors (Lipinski definition) is 0. The van der Waals surface area contributed by atoms with Crippen LogP contribution in [0.25, 0.3) is 0 Å². The van der Waals surface area contributed by atoms with Gasteiger partial charge in [-0.3, -0.25) is 0 Å². The molecule has 0 bridgehead atoms. The van der Waals surface area contributed by atoms with Crippen molar-refractivity contribution in [3.63, 3.8) is 0 Å². The Kier molecular flexibility index (Phi) is 9.25. The molecule has 0 spiro atoms. The van der Waals surface area contributed by atoms with Crippen LogP contribution in [-0.4, -0.2) is 60.3 Å². The highest BCUT2D eigenvalue weighted by atomic mass is 28.4. The van der Waals surface area contributed by atoms with E-state index in [0.717, 1.165) is 24.9 Å². The molecule has 0 rings (SSSR count). The zero-order chi connectivity index (χ0) is 14.1. The molecule has 0 radical (unpaired) electrons. The molecule has 0 aromatic heterocycles. The third-order valence-corrected chi connectivity index (χ3v) is 8.75. The smallest absolute Gasteiger partial charge is 0.377 e. The summed E-state index contributed by atoms with van der Waals surface area (Å²) in [4.78, 5) is 0. The SMILES string of the molecule is CO[Si](CCCC[Si](OC)(OC)OC)(OC)OC. The van der Waals surface area contributed by atoms with Crippen molar-refractivity contribution in [1.82, 2.24) is 0 Å². The largest absolute Gasteiger partial charge is 0.500 e. The summed E-state index contributed by atoms with van der Waals surface area (Å²) in [7, 11) is 4.83. The van der Waals surface area contributed by atoms with Crippen LogP contribution in [0.2, 0.25) is 12.1 Å². The third-order valence-electron chi connectivity index (χ3n) is 3.08. The van der Waals surface area contributed by atoms with E-state index in [2.05, 4.69) is 0 Å². The summed E-state index contributed by atoms with van der Waals surface area (Å²) >= 11 is 0. The second kappa shape index (κ2) is 9.15. The lowest BCUT2D eigenvalue weighted by Gasteiger charge is -2.26. The summed E-state index contributed by atoms with van der Waals surface area (Å²) in [6.07, 6.45) is 1.85. The van der Waals surface area contributed by atoms with Gasteiger partial charge in [0.1, 0.15) is 0 Å². The number of unbranched alkanes of at least 4 members (excludes halogenated alkanes) is 1. The van der Waals surface area contributed by atoms with E-state index in [0.29, 0.717) is 0 Å². The van der Waals surface area contributed by atoms with E-state index in [1.165, 1.54) is 0 Å². The highest BCUT2D eigenvalue weighted by Gasteiger charge is 2.39. The van der Waals surface area contributed by atoms with Gasteiger partial charge >= 0.3 is 17.6 Å². The van der Waals surface area contributed by atoms with Crippen molar-refractivity contribution in [2.75, 3.05) is 42.7 Å². The molecule has 110 valence electrons. The quantitative estimate of drug-likeness (QED) is 0.426. The Bertz CT molecular complexity index is 170. The minimum absolute atomic E-state index is 0.776. The van der Waals surface area contributed by atoms with E-state index in [1.807, 2.05) is 0 Å². The summed E-state index contributed by atoms with van der Waals surface area (Å²) in [6.45, 7) is 0. The van der Waals surface area contributed by atoms with E-state index in [1.54, 1.807) is 42.7 Å². The Balaban J connectivity index is 4.11. The fourth-order valence-electron chi connectivity index (χ4n) is 1.80. The van der Waals surface area contributed by atoms with Crippen LogP contribution in [-0.2, 0) is 26.6 Å². The van der Waals surface area contributed by atoms with Crippen molar-refractivity contribution in [1.29, 1.82) is 0 Å². The number of rotatable bonds is 11. The van der Waals surface area contributed by atoms with Crippen LogP contribution in [0, 0.1) is 0 Å². The molecule has 0 aliphatic heterocycles. The molecule has 0 aliphatic rings. The zero-order valence-electron chi connectivity index (χ0n) is 12.3. The van der Waals surface area contributed by atoms with Crippen molar-refractivity contribution >= 4 is 17.6 Å². The first kappa shape index (κ1) is 18.2. The predicted molar refractivity (Wildman–Crippen MR) is 72.4 cm³/mol. The molecule has 0 aromatic carbocycles. The summed E-state index contributed by atoms with van der Waals surface area (Å²) in [5.41, 5.74) is 0. The van der Waals surface area contributed by atoms with Gasteiger partial charge in [-0.05, 0) is 12.8 Å². The second-order valence-corrected chi connectivity index (χ2v) is 9.98. The van der Waals surface area contributed by atoms with Crippen LogP contribution < -0.4 is 0 Å². The molecule has 0 fully saturated rings. The molecule has 0 saturated heterocycles. The summed E-state index contributed by atoms with van der Waals surface area (Å²) in [5.74, 6) is 0. The first-order valence-corrected chi connectivity index (χ1v) is 9.75. The van der Waals surface area contributed by atoms with Gasteiger partial charge in [0, 0.05) is 54.7 Å². The molecule has 18 heavy (non-hydrogen) atoms. The van der Waals surface area contributed by atoms with Gasteiger partial charge in [-0.15, -0.1) is 0 Å². The number of hydrogen-bond acceptors (Lipinski definition) is 6. The van der Waals surface area contributed by atoms with Crippen LogP contribution in [0.4, 0.5) is 0 Å². The normalized spacial score (nSPS) is 13.0. The highest BCUT2D eigenvalue weighted by molar-refractivity contribution is 6.61. The summed E-state index contributed by atoms with van der Waals surface area (Å²) in [5, 5.41) is 0. The average Bonchev–Trinajstić information content (AvgIpc) is 2.45. The molecule has 0 unspecified atom stereocenters. The Morgan fingerprint density at radius 3 is 0.889 bits per heavy atom. The topological polar surface area (TPSA) is 55.4 Å². The van der Waals surface area contributed by atoms with Gasteiger partial charge < -0.3 is 26.6 Å². The van der Waals surface area contributed by atoms with E-state index in [-0.39, 0.29) is 0 Å². The Morgan fingerprint density at radius 1 is 0.500 bits per heavy atom. The molecular formula is C10H26O6Si2. The molecule has 0 amide bonds. The fourth-order valence-corrected chi connectivity index (χ4v) is 5.39. The molecule has 0 atom stereocenters. The average molecular weight is 298 g/mol. The van der Waals surface area contributed by atoms with Crippen molar-refractivity contribution in [3.8, 4) is 0 Å². The highest BCUT2D eigenvalue weighted by Crippen LogP contribution is 2.21. The second-order valence-electron chi connectivity index (χ2n) is 3.80. The van der Waals surface area contributed by atoms with Gasteiger partial charge in [-0.2, -0.15) is 0 Å². The first-order chi connectivity index (χ1) is 8.57. The molecule has 0 N–H and O–H groups in total. The first-order valence-electron chi connectivity index (χ1n) is 5.88. The van der Waals surface area contributed by atoms with Crippen molar-refractivity contribution < 1.29 is 26.6 Å². The van der Waals surface area contributed by atoms with Crippen molar-refractivity contribution in [2.45, 2.75) is 24.9 Å². The van der Waals surface area contributed by atoms with Gasteiger partial charge in [0.25, 0.3) is 0 Å². The standard InChI is InChI=1S/C10H26O6Si2/c1-11-17(12-2,13-3)9-7-8-10-18(14-4,15-5)16-6/h7-10H2,1-6H3. The molecular weight excluding hydrogens is 272 g/mol. The third kappa shape index (κ3) is 5.06. The molecule has 0 heterocycles. The molecule has 0 aliphatic carbocycles. The summed E-state index contributed by atoms with van der Waals surface area (Å²) in [6, 6.07) is 1.55. The lowest BCUT2D eigenvalue weighted by Crippen LogP contribution is -2.44. The minimum Gasteiger partial charge on any atom is -0.377 e. The maximum Gasteiger partial charge on any atom is 0.500 e. The van der Waals surface area contributed by atoms with Crippen LogP contribution in [0.3, 0.4) is 0 Å². The van der Waals surface area contributed by atoms with Crippen molar-refractivity contribution in [3.05, 3.63) is 0 Å². The van der Waals surface area contributed by atoms with E-state index in [4.69, 9.17) is 26.6 Å². The maximum atomic E-state index is 5.36. The van der Waals surface area contributed by atoms with Crippen molar-refractivity contribution in [2.24, 2.45) is 0 Å².